The van der Waals surface area contributed by atoms with Gasteiger partial charge in [0, 0.05) is 29.6 Å². The molecule has 2 aliphatic heterocycles. The summed E-state index contributed by atoms with van der Waals surface area (Å²) in [6.07, 6.45) is 3.73. The molecule has 2 fully saturated rings. The summed E-state index contributed by atoms with van der Waals surface area (Å²) < 4.78 is 5.96. The molecule has 138 valence electrons. The smallest absolute Gasteiger partial charge is 0.142 e. The van der Waals surface area contributed by atoms with Crippen LogP contribution in [0.2, 0.25) is 0 Å². The molecule has 2 bridgehead atoms. The van der Waals surface area contributed by atoms with Crippen LogP contribution in [0.3, 0.4) is 0 Å². The first-order valence-electron chi connectivity index (χ1n) is 10.0. The largest absolute Gasteiger partial charge is 0.360 e. The maximum Gasteiger partial charge on any atom is 0.142 e. The van der Waals surface area contributed by atoms with Gasteiger partial charge in [-0.1, -0.05) is 65.3 Å². The summed E-state index contributed by atoms with van der Waals surface area (Å²) in [5.41, 5.74) is 4.81. The van der Waals surface area contributed by atoms with Crippen molar-refractivity contribution in [3.63, 3.8) is 0 Å². The van der Waals surface area contributed by atoms with E-state index in [4.69, 9.17) is 4.52 Å². The van der Waals surface area contributed by atoms with Crippen LogP contribution in [0.25, 0.3) is 11.3 Å². The second kappa shape index (κ2) is 6.65. The van der Waals surface area contributed by atoms with Crippen molar-refractivity contribution < 1.29 is 4.52 Å². The number of fused-ring (bicyclic) bond motifs is 2. The molecule has 0 saturated carbocycles. The Morgan fingerprint density at radius 3 is 2.56 bits per heavy atom. The number of aromatic nitrogens is 1. The molecule has 2 saturated heterocycles. The minimum Gasteiger partial charge on any atom is -0.360 e. The highest BCUT2D eigenvalue weighted by molar-refractivity contribution is 5.58. The van der Waals surface area contributed by atoms with Gasteiger partial charge >= 0.3 is 0 Å². The lowest BCUT2D eigenvalue weighted by molar-refractivity contribution is 0.122. The normalized spacial score (nSPS) is 27.8. The molecule has 2 aliphatic rings. The Balaban J connectivity index is 1.54. The molecule has 4 atom stereocenters. The van der Waals surface area contributed by atoms with E-state index in [-0.39, 0.29) is 0 Å². The maximum atomic E-state index is 5.96. The molecule has 3 heteroatoms. The number of benzene rings is 2. The van der Waals surface area contributed by atoms with Crippen LogP contribution < -0.4 is 0 Å². The highest BCUT2D eigenvalue weighted by Crippen LogP contribution is 2.51. The minimum absolute atomic E-state index is 0.362. The number of nitrogens with zero attached hydrogens (tertiary/aromatic N) is 2. The molecule has 0 N–H and O–H groups in total. The Labute approximate surface area is 161 Å². The van der Waals surface area contributed by atoms with Crippen LogP contribution in [0.1, 0.15) is 48.0 Å². The van der Waals surface area contributed by atoms with Gasteiger partial charge in [-0.2, -0.15) is 0 Å². The van der Waals surface area contributed by atoms with Crippen LogP contribution in [0.15, 0.2) is 65.2 Å². The third kappa shape index (κ3) is 2.90. The van der Waals surface area contributed by atoms with Crippen LogP contribution in [-0.4, -0.2) is 29.2 Å². The topological polar surface area (TPSA) is 29.3 Å². The van der Waals surface area contributed by atoms with E-state index in [1.807, 2.05) is 6.07 Å². The average molecular weight is 358 g/mol. The van der Waals surface area contributed by atoms with Crippen molar-refractivity contribution >= 4 is 0 Å². The Morgan fingerprint density at radius 1 is 1.00 bits per heavy atom. The molecule has 0 aliphatic carbocycles. The zero-order valence-corrected chi connectivity index (χ0v) is 16.0. The number of piperidine rings is 1. The first kappa shape index (κ1) is 16.8. The molecule has 0 unspecified atom stereocenters. The van der Waals surface area contributed by atoms with Gasteiger partial charge in [0.2, 0.25) is 0 Å². The molecule has 3 heterocycles. The van der Waals surface area contributed by atoms with E-state index in [0.717, 1.165) is 17.0 Å². The van der Waals surface area contributed by atoms with Crippen LogP contribution >= 0.6 is 0 Å². The van der Waals surface area contributed by atoms with Crippen molar-refractivity contribution in [1.82, 2.24) is 10.1 Å². The number of aryl methyl sites for hydroxylation is 1. The van der Waals surface area contributed by atoms with Gasteiger partial charge in [-0.25, -0.2) is 0 Å². The first-order chi connectivity index (χ1) is 13.2. The summed E-state index contributed by atoms with van der Waals surface area (Å²) in [4.78, 5) is 2.58. The fraction of sp³-hybridized carbons (Fsp3) is 0.375. The molecular formula is C24H26N2O. The second-order valence-electron chi connectivity index (χ2n) is 8.22. The van der Waals surface area contributed by atoms with Gasteiger partial charge in [0.05, 0.1) is 0 Å². The van der Waals surface area contributed by atoms with Crippen molar-refractivity contribution in [2.75, 3.05) is 7.05 Å². The van der Waals surface area contributed by atoms with Gasteiger partial charge in [-0.15, -0.1) is 0 Å². The lowest BCUT2D eigenvalue weighted by Crippen LogP contribution is -2.44. The van der Waals surface area contributed by atoms with Gasteiger partial charge in [0.25, 0.3) is 0 Å². The molecule has 0 radical (unpaired) electrons. The average Bonchev–Trinajstić information content (AvgIpc) is 3.26. The zero-order valence-electron chi connectivity index (χ0n) is 16.0. The second-order valence-corrected chi connectivity index (χ2v) is 8.22. The molecule has 3 aromatic rings. The molecule has 2 aromatic carbocycles. The predicted molar refractivity (Wildman–Crippen MR) is 108 cm³/mol. The van der Waals surface area contributed by atoms with E-state index in [1.165, 1.54) is 30.4 Å². The summed E-state index contributed by atoms with van der Waals surface area (Å²) in [6, 6.07) is 22.8. The Morgan fingerprint density at radius 2 is 1.78 bits per heavy atom. The summed E-state index contributed by atoms with van der Waals surface area (Å²) in [7, 11) is 2.29. The lowest BCUT2D eigenvalue weighted by atomic mass is 9.74. The molecule has 3 nitrogen and oxygen atoms in total. The third-order valence-corrected chi connectivity index (χ3v) is 6.70. The van der Waals surface area contributed by atoms with Crippen LogP contribution in [0, 0.1) is 6.92 Å². The predicted octanol–water partition coefficient (Wildman–Crippen LogP) is 5.38. The summed E-state index contributed by atoms with van der Waals surface area (Å²) in [6.45, 7) is 2.15. The zero-order chi connectivity index (χ0) is 18.4. The quantitative estimate of drug-likeness (QED) is 0.629. The molecule has 0 amide bonds. The van der Waals surface area contributed by atoms with Gasteiger partial charge in [-0.05, 0) is 44.7 Å². The van der Waals surface area contributed by atoms with Crippen molar-refractivity contribution in [3.8, 4) is 11.3 Å². The Hall–Kier alpha value is -2.39. The summed E-state index contributed by atoms with van der Waals surface area (Å²) in [5, 5.41) is 4.42. The third-order valence-electron chi connectivity index (χ3n) is 6.70. The first-order valence-corrected chi connectivity index (χ1v) is 10.0. The highest BCUT2D eigenvalue weighted by Gasteiger charge is 2.48. The van der Waals surface area contributed by atoms with Crippen LogP contribution in [-0.2, 0) is 0 Å². The van der Waals surface area contributed by atoms with E-state index in [9.17, 15) is 0 Å². The number of hydrogen-bond acceptors (Lipinski definition) is 3. The summed E-state index contributed by atoms with van der Waals surface area (Å²) >= 11 is 0. The number of likely N-dealkylation sites (N-methyl/N-ethyl adjacent to an activating group) is 1. The van der Waals surface area contributed by atoms with E-state index in [2.05, 4.69) is 78.6 Å². The van der Waals surface area contributed by atoms with Crippen molar-refractivity contribution in [1.29, 1.82) is 0 Å². The van der Waals surface area contributed by atoms with Crippen molar-refractivity contribution in [2.24, 2.45) is 0 Å². The van der Waals surface area contributed by atoms with E-state index in [1.54, 1.807) is 0 Å². The SMILES string of the molecule is Cc1ccc([C@H]2C[C@@H]3CC[C@H]([C@H]2c2cc(-c4ccccc4)no2)N3C)cc1. The Bertz CT molecular complexity index is 915. The fourth-order valence-corrected chi connectivity index (χ4v) is 5.20. The fourth-order valence-electron chi connectivity index (χ4n) is 5.20. The molecular weight excluding hydrogens is 332 g/mol. The van der Waals surface area contributed by atoms with E-state index in [0.29, 0.717) is 23.9 Å². The van der Waals surface area contributed by atoms with Gasteiger partial charge < -0.3 is 4.52 Å². The Kier molecular flexibility index (Phi) is 4.13. The lowest BCUT2D eigenvalue weighted by Gasteiger charge is -2.42. The molecule has 27 heavy (non-hydrogen) atoms. The van der Waals surface area contributed by atoms with Gasteiger partial charge in [0.1, 0.15) is 11.5 Å². The number of hydrogen-bond donors (Lipinski definition) is 0. The monoisotopic (exact) mass is 358 g/mol. The van der Waals surface area contributed by atoms with Crippen LogP contribution in [0.4, 0.5) is 0 Å². The maximum absolute atomic E-state index is 5.96. The van der Waals surface area contributed by atoms with Gasteiger partial charge in [0.15, 0.2) is 0 Å². The minimum atomic E-state index is 0.362. The van der Waals surface area contributed by atoms with Crippen molar-refractivity contribution in [2.45, 2.75) is 50.1 Å². The van der Waals surface area contributed by atoms with Crippen molar-refractivity contribution in [3.05, 3.63) is 77.6 Å². The number of rotatable bonds is 3. The van der Waals surface area contributed by atoms with E-state index >= 15 is 0 Å². The highest BCUT2D eigenvalue weighted by atomic mass is 16.5. The van der Waals surface area contributed by atoms with E-state index < -0.39 is 0 Å². The molecule has 1 aromatic heterocycles. The molecule has 5 rings (SSSR count). The molecule has 0 spiro atoms. The summed E-state index contributed by atoms with van der Waals surface area (Å²) in [5.74, 6) is 1.90. The standard InChI is InChI=1S/C24H26N2O/c1-16-8-10-17(11-9-16)20-14-19-12-13-22(26(19)2)24(20)23-15-21(25-27-23)18-6-4-3-5-7-18/h3-11,15,19-20,22,24H,12-14H2,1-2H3/t19-,20+,22+,24-/m0/s1. The van der Waals surface area contributed by atoms with Gasteiger partial charge in [-0.3, -0.25) is 4.90 Å². The van der Waals surface area contributed by atoms with Crippen LogP contribution in [0.5, 0.6) is 0 Å².